The quantitative estimate of drug-likeness (QED) is 0.498. The van der Waals surface area contributed by atoms with Gasteiger partial charge < -0.3 is 9.47 Å². The van der Waals surface area contributed by atoms with Gasteiger partial charge in [-0.1, -0.05) is 23.2 Å². The molecule has 0 radical (unpaired) electrons. The molecule has 1 heterocycles. The van der Waals surface area contributed by atoms with Crippen LogP contribution in [0.2, 0.25) is 10.0 Å². The van der Waals surface area contributed by atoms with E-state index in [2.05, 4.69) is 9.71 Å². The van der Waals surface area contributed by atoms with E-state index >= 15 is 0 Å². The minimum Gasteiger partial charge on any atom is -0.497 e. The second kappa shape index (κ2) is 9.26. The normalized spacial score (nSPS) is 12.6. The number of benzene rings is 2. The number of nitrogens with one attached hydrogen (secondary N) is 1. The van der Waals surface area contributed by atoms with Crippen LogP contribution in [-0.4, -0.2) is 25.1 Å². The highest BCUT2D eigenvalue weighted by atomic mass is 35.5. The minimum absolute atomic E-state index is 0.0287. The molecule has 0 amide bonds. The summed E-state index contributed by atoms with van der Waals surface area (Å²) in [4.78, 5) is 4.34. The van der Waals surface area contributed by atoms with Crippen molar-refractivity contribution < 1.29 is 17.9 Å². The maximum absolute atomic E-state index is 12.8. The highest BCUT2D eigenvalue weighted by molar-refractivity contribution is 7.89. The summed E-state index contributed by atoms with van der Waals surface area (Å²) in [6.07, 6.45) is 1.59. The summed E-state index contributed by atoms with van der Waals surface area (Å²) in [5, 5.41) is 0.453. The van der Waals surface area contributed by atoms with Crippen LogP contribution in [0, 0.1) is 0 Å². The van der Waals surface area contributed by atoms with Crippen LogP contribution in [0.25, 0.3) is 0 Å². The Bertz CT molecular complexity index is 1130. The Morgan fingerprint density at radius 3 is 2.37 bits per heavy atom. The summed E-state index contributed by atoms with van der Waals surface area (Å²) >= 11 is 11.8. The lowest BCUT2D eigenvalue weighted by atomic mass is 10.3. The van der Waals surface area contributed by atoms with Gasteiger partial charge in [-0.3, -0.25) is 4.57 Å². The molecule has 0 aliphatic heterocycles. The molecule has 1 unspecified atom stereocenters. The van der Waals surface area contributed by atoms with Gasteiger partial charge in [-0.2, -0.15) is 0 Å². The molecule has 0 spiro atoms. The van der Waals surface area contributed by atoms with Crippen molar-refractivity contribution in [2.45, 2.75) is 31.3 Å². The van der Waals surface area contributed by atoms with E-state index in [1.165, 1.54) is 18.2 Å². The number of ether oxygens (including phenoxy) is 2. The molecular formula is C20H21Cl2N3O4S. The molecule has 7 nitrogen and oxygen atoms in total. The second-order valence-corrected chi connectivity index (χ2v) is 8.93. The Morgan fingerprint density at radius 2 is 1.77 bits per heavy atom. The van der Waals surface area contributed by atoms with Crippen molar-refractivity contribution >= 4 is 33.2 Å². The summed E-state index contributed by atoms with van der Waals surface area (Å²) in [7, 11) is -2.23. The first-order valence-electron chi connectivity index (χ1n) is 9.10. The molecule has 2 aromatic carbocycles. The first-order valence-corrected chi connectivity index (χ1v) is 11.3. The topological polar surface area (TPSA) is 82.5 Å². The van der Waals surface area contributed by atoms with Gasteiger partial charge in [0.05, 0.1) is 40.0 Å². The van der Waals surface area contributed by atoms with E-state index in [0.29, 0.717) is 29.7 Å². The van der Waals surface area contributed by atoms with Gasteiger partial charge in [0, 0.05) is 6.54 Å². The van der Waals surface area contributed by atoms with Crippen LogP contribution in [0.3, 0.4) is 0 Å². The SMILES string of the molecule is CCn1c(C(C)NS(=O)(=O)c2ccc(Cl)c(Cl)c2)cnc1Oc1ccc(OC)cc1. The number of hydrogen-bond donors (Lipinski definition) is 1. The van der Waals surface area contributed by atoms with Crippen LogP contribution >= 0.6 is 23.2 Å². The molecule has 0 fully saturated rings. The fourth-order valence-electron chi connectivity index (χ4n) is 2.87. The summed E-state index contributed by atoms with van der Waals surface area (Å²) in [6.45, 7) is 4.20. The smallest absolute Gasteiger partial charge is 0.302 e. The molecule has 0 saturated heterocycles. The van der Waals surface area contributed by atoms with E-state index in [9.17, 15) is 8.42 Å². The molecule has 0 saturated carbocycles. The van der Waals surface area contributed by atoms with Gasteiger partial charge in [-0.15, -0.1) is 0 Å². The number of imidazole rings is 1. The highest BCUT2D eigenvalue weighted by Crippen LogP contribution is 2.28. The Labute approximate surface area is 185 Å². The van der Waals surface area contributed by atoms with E-state index < -0.39 is 16.1 Å². The highest BCUT2D eigenvalue weighted by Gasteiger charge is 2.23. The molecule has 1 N–H and O–H groups in total. The molecular weight excluding hydrogens is 449 g/mol. The van der Waals surface area contributed by atoms with E-state index in [-0.39, 0.29) is 14.9 Å². The van der Waals surface area contributed by atoms with Crippen LogP contribution in [0.15, 0.2) is 53.6 Å². The monoisotopic (exact) mass is 469 g/mol. The predicted molar refractivity (Wildman–Crippen MR) is 116 cm³/mol. The maximum Gasteiger partial charge on any atom is 0.302 e. The van der Waals surface area contributed by atoms with Gasteiger partial charge in [0.25, 0.3) is 0 Å². The van der Waals surface area contributed by atoms with Gasteiger partial charge in [-0.05, 0) is 56.3 Å². The van der Waals surface area contributed by atoms with Gasteiger partial charge in [-0.25, -0.2) is 18.1 Å². The van der Waals surface area contributed by atoms with E-state index in [1.54, 1.807) is 49.1 Å². The first kappa shape index (κ1) is 22.4. The average Bonchev–Trinajstić information content (AvgIpc) is 3.13. The van der Waals surface area contributed by atoms with Crippen LogP contribution in [0.4, 0.5) is 0 Å². The lowest BCUT2D eigenvalue weighted by Gasteiger charge is -2.17. The molecule has 1 aromatic heterocycles. The number of hydrogen-bond acceptors (Lipinski definition) is 5. The van der Waals surface area contributed by atoms with E-state index in [0.717, 1.165) is 0 Å². The molecule has 30 heavy (non-hydrogen) atoms. The molecule has 1 atom stereocenters. The summed E-state index contributed by atoms with van der Waals surface area (Å²) in [5.41, 5.74) is 0.657. The molecule has 10 heteroatoms. The van der Waals surface area contributed by atoms with E-state index in [4.69, 9.17) is 32.7 Å². The second-order valence-electron chi connectivity index (χ2n) is 6.41. The third-order valence-electron chi connectivity index (χ3n) is 4.41. The third kappa shape index (κ3) is 4.89. The van der Waals surface area contributed by atoms with Crippen LogP contribution in [-0.2, 0) is 16.6 Å². The van der Waals surface area contributed by atoms with Crippen molar-refractivity contribution in [1.29, 1.82) is 0 Å². The lowest BCUT2D eigenvalue weighted by Crippen LogP contribution is -2.28. The molecule has 160 valence electrons. The number of aromatic nitrogens is 2. The third-order valence-corrected chi connectivity index (χ3v) is 6.69. The number of sulfonamides is 1. The zero-order chi connectivity index (χ0) is 21.9. The number of nitrogens with zero attached hydrogens (tertiary/aromatic N) is 2. The van der Waals surface area contributed by atoms with Crippen LogP contribution in [0.5, 0.6) is 17.5 Å². The van der Waals surface area contributed by atoms with E-state index in [1.807, 2.05) is 6.92 Å². The Hall–Kier alpha value is -2.26. The van der Waals surface area contributed by atoms with Crippen molar-refractivity contribution in [3.05, 3.63) is 64.4 Å². The standard InChI is InChI=1S/C20H21Cl2N3O4S/c1-4-25-19(12-23-20(25)29-15-7-5-14(28-3)6-8-15)13(2)24-30(26,27)16-9-10-17(21)18(22)11-16/h5-13,24H,4H2,1-3H3. The van der Waals surface area contributed by atoms with Crippen molar-refractivity contribution in [3.63, 3.8) is 0 Å². The summed E-state index contributed by atoms with van der Waals surface area (Å²) in [5.74, 6) is 1.30. The summed E-state index contributed by atoms with van der Waals surface area (Å²) < 4.78 is 40.9. The van der Waals surface area contributed by atoms with Crippen molar-refractivity contribution in [2.24, 2.45) is 0 Å². The number of methoxy groups -OCH3 is 1. The van der Waals surface area contributed by atoms with Crippen LogP contribution in [0.1, 0.15) is 25.6 Å². The summed E-state index contributed by atoms with van der Waals surface area (Å²) in [6, 6.07) is 11.1. The number of rotatable bonds is 8. The van der Waals surface area contributed by atoms with Gasteiger partial charge in [0.15, 0.2) is 0 Å². The molecule has 3 rings (SSSR count). The average molecular weight is 470 g/mol. The predicted octanol–water partition coefficient (Wildman–Crippen LogP) is 5.05. The Kier molecular flexibility index (Phi) is 6.92. The molecule has 0 bridgehead atoms. The minimum atomic E-state index is -3.82. The fourth-order valence-corrected chi connectivity index (χ4v) is 4.48. The number of halogens is 2. The van der Waals surface area contributed by atoms with Crippen molar-refractivity contribution in [1.82, 2.24) is 14.3 Å². The lowest BCUT2D eigenvalue weighted by molar-refractivity contribution is 0.400. The largest absolute Gasteiger partial charge is 0.497 e. The van der Waals surface area contributed by atoms with Gasteiger partial charge in [0.1, 0.15) is 11.5 Å². The fraction of sp³-hybridized carbons (Fsp3) is 0.250. The maximum atomic E-state index is 12.8. The van der Waals surface area contributed by atoms with Gasteiger partial charge in [0.2, 0.25) is 10.0 Å². The zero-order valence-electron chi connectivity index (χ0n) is 16.6. The van der Waals surface area contributed by atoms with Crippen molar-refractivity contribution in [2.75, 3.05) is 7.11 Å². The van der Waals surface area contributed by atoms with Crippen molar-refractivity contribution in [3.8, 4) is 17.5 Å². The van der Waals surface area contributed by atoms with Crippen LogP contribution < -0.4 is 14.2 Å². The zero-order valence-corrected chi connectivity index (χ0v) is 18.9. The Morgan fingerprint density at radius 1 is 1.10 bits per heavy atom. The van der Waals surface area contributed by atoms with Gasteiger partial charge >= 0.3 is 6.01 Å². The Balaban J connectivity index is 1.81. The first-order chi connectivity index (χ1) is 14.2. The molecule has 3 aromatic rings. The molecule has 0 aliphatic rings. The molecule has 0 aliphatic carbocycles.